The fourth-order valence-corrected chi connectivity index (χ4v) is 2.08. The lowest BCUT2D eigenvalue weighted by molar-refractivity contribution is 0.587. The Labute approximate surface area is 121 Å². The van der Waals surface area contributed by atoms with E-state index in [2.05, 4.69) is 49.5 Å². The molecule has 1 rings (SSSR count). The molecule has 0 radical (unpaired) electrons. The van der Waals surface area contributed by atoms with Gasteiger partial charge in [0.1, 0.15) is 5.82 Å². The first kappa shape index (κ1) is 16.0. The van der Waals surface area contributed by atoms with E-state index in [0.29, 0.717) is 17.1 Å². The van der Waals surface area contributed by atoms with E-state index in [9.17, 15) is 0 Å². The van der Waals surface area contributed by atoms with Crippen LogP contribution in [0, 0.1) is 0 Å². The van der Waals surface area contributed by atoms with Crippen LogP contribution in [0.15, 0.2) is 24.9 Å². The van der Waals surface area contributed by atoms with Gasteiger partial charge in [-0.25, -0.2) is 4.98 Å². The third-order valence-corrected chi connectivity index (χ3v) is 3.09. The highest BCUT2D eigenvalue weighted by Gasteiger charge is 2.14. The molecule has 3 nitrogen and oxygen atoms in total. The summed E-state index contributed by atoms with van der Waals surface area (Å²) in [5.74, 6) is 0.824. The zero-order valence-corrected chi connectivity index (χ0v) is 13.0. The van der Waals surface area contributed by atoms with E-state index < -0.39 is 0 Å². The van der Waals surface area contributed by atoms with Crippen molar-refractivity contribution >= 4 is 17.4 Å². The van der Waals surface area contributed by atoms with Gasteiger partial charge in [0, 0.05) is 31.4 Å². The molecule has 0 bridgehead atoms. The molecular formula is C15H24ClN3. The molecule has 19 heavy (non-hydrogen) atoms. The predicted octanol–water partition coefficient (Wildman–Crippen LogP) is 3.63. The topological polar surface area (TPSA) is 28.2 Å². The average molecular weight is 282 g/mol. The Morgan fingerprint density at radius 3 is 2.58 bits per heavy atom. The van der Waals surface area contributed by atoms with Crippen molar-refractivity contribution < 1.29 is 0 Å². The van der Waals surface area contributed by atoms with Crippen molar-refractivity contribution in [2.45, 2.75) is 46.3 Å². The lowest BCUT2D eigenvalue weighted by Gasteiger charge is -2.27. The zero-order chi connectivity index (χ0) is 14.4. The van der Waals surface area contributed by atoms with Gasteiger partial charge in [0.2, 0.25) is 0 Å². The number of pyridine rings is 1. The van der Waals surface area contributed by atoms with Crippen molar-refractivity contribution in [2.24, 2.45) is 0 Å². The highest BCUT2D eigenvalue weighted by Crippen LogP contribution is 2.25. The van der Waals surface area contributed by atoms with E-state index in [4.69, 9.17) is 11.6 Å². The van der Waals surface area contributed by atoms with Crippen LogP contribution in [0.5, 0.6) is 0 Å². The molecule has 0 fully saturated rings. The summed E-state index contributed by atoms with van der Waals surface area (Å²) in [6.07, 6.45) is 3.75. The molecule has 0 saturated heterocycles. The summed E-state index contributed by atoms with van der Waals surface area (Å²) < 4.78 is 0. The normalized spacial score (nSPS) is 11.1. The molecule has 0 aliphatic rings. The van der Waals surface area contributed by atoms with Crippen molar-refractivity contribution in [3.8, 4) is 0 Å². The third kappa shape index (κ3) is 4.84. The minimum Gasteiger partial charge on any atom is -0.349 e. The first-order chi connectivity index (χ1) is 8.95. The van der Waals surface area contributed by atoms with Crippen LogP contribution < -0.4 is 10.2 Å². The SMILES string of the molecule is C=CCN(c1ncc(CNC(C)C)cc1Cl)C(C)C. The first-order valence-corrected chi connectivity index (χ1v) is 7.08. The molecule has 0 spiro atoms. The molecule has 0 atom stereocenters. The Hall–Kier alpha value is -1.06. The molecule has 0 saturated carbocycles. The molecule has 1 heterocycles. The van der Waals surface area contributed by atoms with Crippen LogP contribution in [0.4, 0.5) is 5.82 Å². The largest absolute Gasteiger partial charge is 0.349 e. The van der Waals surface area contributed by atoms with Crippen LogP contribution in [0.2, 0.25) is 5.02 Å². The Morgan fingerprint density at radius 2 is 2.11 bits per heavy atom. The Bertz CT molecular complexity index is 416. The van der Waals surface area contributed by atoms with Gasteiger partial charge in [-0.2, -0.15) is 0 Å². The molecule has 0 unspecified atom stereocenters. The van der Waals surface area contributed by atoms with Gasteiger partial charge in [0.15, 0.2) is 0 Å². The van der Waals surface area contributed by atoms with E-state index in [1.54, 1.807) is 0 Å². The van der Waals surface area contributed by atoms with Gasteiger partial charge >= 0.3 is 0 Å². The Kier molecular flexibility index (Phi) is 6.32. The number of hydrogen-bond donors (Lipinski definition) is 1. The van der Waals surface area contributed by atoms with Crippen molar-refractivity contribution in [2.75, 3.05) is 11.4 Å². The lowest BCUT2D eigenvalue weighted by Crippen LogP contribution is -2.32. The summed E-state index contributed by atoms with van der Waals surface area (Å²) in [6, 6.07) is 2.77. The summed E-state index contributed by atoms with van der Waals surface area (Å²) in [6.45, 7) is 13.8. The average Bonchev–Trinajstić information content (AvgIpc) is 2.34. The number of nitrogens with one attached hydrogen (secondary N) is 1. The molecule has 0 aliphatic heterocycles. The van der Waals surface area contributed by atoms with Crippen LogP contribution in [0.1, 0.15) is 33.3 Å². The van der Waals surface area contributed by atoms with Gasteiger partial charge < -0.3 is 10.2 Å². The summed E-state index contributed by atoms with van der Waals surface area (Å²) in [5.41, 5.74) is 1.10. The van der Waals surface area contributed by atoms with Crippen molar-refractivity contribution in [3.05, 3.63) is 35.5 Å². The number of nitrogens with zero attached hydrogens (tertiary/aromatic N) is 2. The second-order valence-electron chi connectivity index (χ2n) is 5.22. The number of aromatic nitrogens is 1. The minimum absolute atomic E-state index is 0.336. The Morgan fingerprint density at radius 1 is 1.42 bits per heavy atom. The second-order valence-corrected chi connectivity index (χ2v) is 5.63. The summed E-state index contributed by atoms with van der Waals surface area (Å²) >= 11 is 6.35. The smallest absolute Gasteiger partial charge is 0.147 e. The maximum Gasteiger partial charge on any atom is 0.147 e. The van der Waals surface area contributed by atoms with Crippen molar-refractivity contribution in [1.29, 1.82) is 0 Å². The molecule has 1 aromatic heterocycles. The van der Waals surface area contributed by atoms with Crippen LogP contribution in [-0.2, 0) is 6.54 Å². The van der Waals surface area contributed by atoms with E-state index in [0.717, 1.165) is 24.5 Å². The maximum atomic E-state index is 6.35. The van der Waals surface area contributed by atoms with Crippen LogP contribution in [-0.4, -0.2) is 23.6 Å². The van der Waals surface area contributed by atoms with Gasteiger partial charge in [-0.3, -0.25) is 0 Å². The quantitative estimate of drug-likeness (QED) is 0.774. The molecule has 0 amide bonds. The number of hydrogen-bond acceptors (Lipinski definition) is 3. The van der Waals surface area contributed by atoms with E-state index in [1.165, 1.54) is 0 Å². The van der Waals surface area contributed by atoms with Crippen LogP contribution in [0.3, 0.4) is 0 Å². The monoisotopic (exact) mass is 281 g/mol. The van der Waals surface area contributed by atoms with Crippen molar-refractivity contribution in [1.82, 2.24) is 10.3 Å². The van der Waals surface area contributed by atoms with Gasteiger partial charge in [-0.1, -0.05) is 31.5 Å². The minimum atomic E-state index is 0.336. The first-order valence-electron chi connectivity index (χ1n) is 6.71. The highest BCUT2D eigenvalue weighted by atomic mass is 35.5. The van der Waals surface area contributed by atoms with E-state index in [-0.39, 0.29) is 0 Å². The summed E-state index contributed by atoms with van der Waals surface area (Å²) in [5, 5.41) is 4.05. The molecule has 0 aliphatic carbocycles. The number of halogens is 1. The molecule has 1 aromatic rings. The molecule has 1 N–H and O–H groups in total. The standard InChI is InChI=1S/C15H24ClN3/c1-6-7-19(12(4)5)15-14(16)8-13(10-18-15)9-17-11(2)3/h6,8,10-12,17H,1,7,9H2,2-5H3. The zero-order valence-electron chi connectivity index (χ0n) is 12.3. The fourth-order valence-electron chi connectivity index (χ4n) is 1.78. The lowest BCUT2D eigenvalue weighted by atomic mass is 10.2. The molecule has 106 valence electrons. The fraction of sp³-hybridized carbons (Fsp3) is 0.533. The molecular weight excluding hydrogens is 258 g/mol. The molecule has 4 heteroatoms. The van der Waals surface area contributed by atoms with Gasteiger partial charge in [-0.05, 0) is 25.5 Å². The summed E-state index contributed by atoms with van der Waals surface area (Å²) in [4.78, 5) is 6.64. The highest BCUT2D eigenvalue weighted by molar-refractivity contribution is 6.33. The van der Waals surface area contributed by atoms with Gasteiger partial charge in [0.05, 0.1) is 5.02 Å². The maximum absolute atomic E-state index is 6.35. The molecule has 0 aromatic carbocycles. The van der Waals surface area contributed by atoms with Crippen LogP contribution >= 0.6 is 11.6 Å². The van der Waals surface area contributed by atoms with Gasteiger partial charge in [0.25, 0.3) is 0 Å². The van der Waals surface area contributed by atoms with Crippen LogP contribution in [0.25, 0.3) is 0 Å². The van der Waals surface area contributed by atoms with Gasteiger partial charge in [-0.15, -0.1) is 6.58 Å². The van der Waals surface area contributed by atoms with E-state index in [1.807, 2.05) is 18.3 Å². The third-order valence-electron chi connectivity index (χ3n) is 2.81. The summed E-state index contributed by atoms with van der Waals surface area (Å²) in [7, 11) is 0. The predicted molar refractivity (Wildman–Crippen MR) is 83.9 cm³/mol. The Balaban J connectivity index is 2.88. The number of rotatable bonds is 7. The van der Waals surface area contributed by atoms with E-state index >= 15 is 0 Å². The van der Waals surface area contributed by atoms with Crippen molar-refractivity contribution in [3.63, 3.8) is 0 Å². The number of anilines is 1. The second kappa shape index (κ2) is 7.51.